The molecule has 5 heteroatoms. The second-order valence-corrected chi connectivity index (χ2v) is 4.85. The second-order valence-electron chi connectivity index (χ2n) is 3.98. The Morgan fingerprint density at radius 2 is 1.78 bits per heavy atom. The molecule has 90 valence electrons. The molecule has 0 saturated carbocycles. The zero-order valence-electron chi connectivity index (χ0n) is 9.35. The van der Waals surface area contributed by atoms with Crippen LogP contribution in [0.1, 0.15) is 11.4 Å². The molecule has 0 amide bonds. The van der Waals surface area contributed by atoms with Gasteiger partial charge in [0.25, 0.3) is 0 Å². The molecule has 2 aromatic heterocycles. The van der Waals surface area contributed by atoms with Gasteiger partial charge in [0, 0.05) is 28.7 Å². The number of aromatic nitrogens is 3. The number of fused-ring (bicyclic) bond motifs is 1. The average molecular weight is 278 g/mol. The summed E-state index contributed by atoms with van der Waals surface area (Å²) in [6.07, 6.45) is 2.48. The quantitative estimate of drug-likeness (QED) is 0.716. The van der Waals surface area contributed by atoms with Gasteiger partial charge in [0.15, 0.2) is 11.5 Å². The van der Waals surface area contributed by atoms with Crippen molar-refractivity contribution in [2.45, 2.75) is 6.42 Å². The third-order valence-corrected chi connectivity index (χ3v) is 3.11. The Kier molecular flexibility index (Phi) is 2.94. The topological polar surface area (TPSA) is 30.2 Å². The predicted molar refractivity (Wildman–Crippen MR) is 72.3 cm³/mol. The van der Waals surface area contributed by atoms with Crippen LogP contribution in [0.5, 0.6) is 0 Å². The van der Waals surface area contributed by atoms with Crippen LogP contribution in [0.4, 0.5) is 0 Å². The molecule has 0 bridgehead atoms. The van der Waals surface area contributed by atoms with Crippen LogP contribution in [-0.4, -0.2) is 14.6 Å². The van der Waals surface area contributed by atoms with Gasteiger partial charge in [0.05, 0.1) is 0 Å². The molecule has 0 radical (unpaired) electrons. The fraction of sp³-hybridized carbons (Fsp3) is 0.0769. The van der Waals surface area contributed by atoms with Gasteiger partial charge in [-0.15, -0.1) is 0 Å². The van der Waals surface area contributed by atoms with Gasteiger partial charge in [-0.25, -0.2) is 9.50 Å². The molecule has 0 aliphatic heterocycles. The fourth-order valence-electron chi connectivity index (χ4n) is 1.76. The van der Waals surface area contributed by atoms with E-state index in [9.17, 15) is 0 Å². The van der Waals surface area contributed by atoms with Crippen LogP contribution < -0.4 is 0 Å². The van der Waals surface area contributed by atoms with Crippen molar-refractivity contribution >= 4 is 28.8 Å². The maximum absolute atomic E-state index is 5.91. The number of benzene rings is 1. The first-order chi connectivity index (χ1) is 8.70. The third-order valence-electron chi connectivity index (χ3n) is 2.62. The average Bonchev–Trinajstić information content (AvgIpc) is 2.73. The van der Waals surface area contributed by atoms with Crippen molar-refractivity contribution in [2.75, 3.05) is 0 Å². The van der Waals surface area contributed by atoms with Gasteiger partial charge in [0.1, 0.15) is 0 Å². The molecule has 0 aliphatic carbocycles. The largest absolute Gasteiger partial charge is 0.221 e. The maximum atomic E-state index is 5.91. The van der Waals surface area contributed by atoms with Crippen molar-refractivity contribution in [1.82, 2.24) is 14.6 Å². The van der Waals surface area contributed by atoms with E-state index >= 15 is 0 Å². The van der Waals surface area contributed by atoms with Gasteiger partial charge < -0.3 is 0 Å². The van der Waals surface area contributed by atoms with E-state index in [0.717, 1.165) is 22.1 Å². The predicted octanol–water partition coefficient (Wildman–Crippen LogP) is 3.63. The van der Waals surface area contributed by atoms with E-state index in [0.29, 0.717) is 11.4 Å². The summed E-state index contributed by atoms with van der Waals surface area (Å²) in [6, 6.07) is 11.3. The van der Waals surface area contributed by atoms with Crippen molar-refractivity contribution < 1.29 is 0 Å². The van der Waals surface area contributed by atoms with E-state index in [2.05, 4.69) is 10.1 Å². The minimum absolute atomic E-state index is 0.660. The SMILES string of the molecule is Clc1ccc(Cc2nc3cc(Cl)ccn3n2)cc1. The monoisotopic (exact) mass is 277 g/mol. The highest BCUT2D eigenvalue weighted by Gasteiger charge is 2.05. The first-order valence-electron chi connectivity index (χ1n) is 5.46. The van der Waals surface area contributed by atoms with Crippen LogP contribution in [0.2, 0.25) is 10.0 Å². The third kappa shape index (κ3) is 2.33. The van der Waals surface area contributed by atoms with Gasteiger partial charge in [-0.1, -0.05) is 35.3 Å². The van der Waals surface area contributed by atoms with E-state index in [1.165, 1.54) is 0 Å². The Morgan fingerprint density at radius 3 is 2.56 bits per heavy atom. The number of rotatable bonds is 2. The highest BCUT2D eigenvalue weighted by atomic mass is 35.5. The Morgan fingerprint density at radius 1 is 1.00 bits per heavy atom. The molecule has 3 aromatic rings. The number of halogens is 2. The summed E-state index contributed by atoms with van der Waals surface area (Å²) in [5.41, 5.74) is 1.88. The van der Waals surface area contributed by atoms with Crippen molar-refractivity contribution in [3.63, 3.8) is 0 Å². The lowest BCUT2D eigenvalue weighted by molar-refractivity contribution is 0.900. The molecule has 0 saturated heterocycles. The molecule has 0 fully saturated rings. The number of hydrogen-bond donors (Lipinski definition) is 0. The van der Waals surface area contributed by atoms with Gasteiger partial charge in [0.2, 0.25) is 0 Å². The van der Waals surface area contributed by atoms with E-state index in [1.807, 2.05) is 24.3 Å². The first-order valence-corrected chi connectivity index (χ1v) is 6.21. The highest BCUT2D eigenvalue weighted by Crippen LogP contribution is 2.14. The van der Waals surface area contributed by atoms with Gasteiger partial charge >= 0.3 is 0 Å². The van der Waals surface area contributed by atoms with Crippen LogP contribution in [-0.2, 0) is 6.42 Å². The summed E-state index contributed by atoms with van der Waals surface area (Å²) in [7, 11) is 0. The minimum Gasteiger partial charge on any atom is -0.221 e. The molecule has 0 unspecified atom stereocenters. The smallest absolute Gasteiger partial charge is 0.157 e. The van der Waals surface area contributed by atoms with Gasteiger partial charge in [-0.2, -0.15) is 5.10 Å². The molecule has 1 aromatic carbocycles. The summed E-state index contributed by atoms with van der Waals surface area (Å²) < 4.78 is 1.72. The lowest BCUT2D eigenvalue weighted by Crippen LogP contribution is -1.91. The highest BCUT2D eigenvalue weighted by molar-refractivity contribution is 6.31. The minimum atomic E-state index is 0.660. The standard InChI is InChI=1S/C13H9Cl2N3/c14-10-3-1-9(2-4-10)7-12-16-13-8-11(15)5-6-18(13)17-12/h1-6,8H,7H2. The van der Waals surface area contributed by atoms with E-state index in [1.54, 1.807) is 22.8 Å². The van der Waals surface area contributed by atoms with Crippen LogP contribution in [0.3, 0.4) is 0 Å². The Labute approximate surface area is 114 Å². The van der Waals surface area contributed by atoms with Crippen LogP contribution in [0.15, 0.2) is 42.6 Å². The van der Waals surface area contributed by atoms with E-state index in [-0.39, 0.29) is 0 Å². The van der Waals surface area contributed by atoms with Crippen molar-refractivity contribution in [3.05, 3.63) is 64.0 Å². The van der Waals surface area contributed by atoms with Crippen LogP contribution in [0.25, 0.3) is 5.65 Å². The summed E-state index contributed by atoms with van der Waals surface area (Å²) in [4.78, 5) is 4.43. The zero-order chi connectivity index (χ0) is 12.5. The Bertz CT molecular complexity index is 689. The van der Waals surface area contributed by atoms with E-state index in [4.69, 9.17) is 23.2 Å². The molecule has 0 spiro atoms. The maximum Gasteiger partial charge on any atom is 0.157 e. The lowest BCUT2D eigenvalue weighted by Gasteiger charge is -1.96. The molecular formula is C13H9Cl2N3. The number of hydrogen-bond acceptors (Lipinski definition) is 2. The van der Waals surface area contributed by atoms with Crippen molar-refractivity contribution in [2.24, 2.45) is 0 Å². The van der Waals surface area contributed by atoms with E-state index < -0.39 is 0 Å². The normalized spacial score (nSPS) is 11.0. The Balaban J connectivity index is 1.92. The number of nitrogens with zero attached hydrogens (tertiary/aromatic N) is 3. The summed E-state index contributed by atoms with van der Waals surface area (Å²) in [6.45, 7) is 0. The molecule has 3 nitrogen and oxygen atoms in total. The van der Waals surface area contributed by atoms with Gasteiger partial charge in [-0.05, 0) is 23.8 Å². The van der Waals surface area contributed by atoms with Crippen molar-refractivity contribution in [3.8, 4) is 0 Å². The summed E-state index contributed by atoms with van der Waals surface area (Å²) >= 11 is 11.8. The molecule has 0 N–H and O–H groups in total. The molecule has 0 aliphatic rings. The zero-order valence-corrected chi connectivity index (χ0v) is 10.9. The second kappa shape index (κ2) is 4.59. The first kappa shape index (κ1) is 11.5. The molecular weight excluding hydrogens is 269 g/mol. The summed E-state index contributed by atoms with van der Waals surface area (Å²) in [5, 5.41) is 5.78. The van der Waals surface area contributed by atoms with Crippen LogP contribution >= 0.6 is 23.2 Å². The van der Waals surface area contributed by atoms with Crippen molar-refractivity contribution in [1.29, 1.82) is 0 Å². The lowest BCUT2D eigenvalue weighted by atomic mass is 10.1. The molecule has 3 rings (SSSR count). The molecule has 18 heavy (non-hydrogen) atoms. The summed E-state index contributed by atoms with van der Waals surface area (Å²) in [5.74, 6) is 0.764. The fourth-order valence-corrected chi connectivity index (χ4v) is 2.04. The molecule has 0 atom stereocenters. The molecule has 2 heterocycles. The Hall–Kier alpha value is -1.58. The number of pyridine rings is 1. The van der Waals surface area contributed by atoms with Gasteiger partial charge in [-0.3, -0.25) is 0 Å². The van der Waals surface area contributed by atoms with Crippen LogP contribution in [0, 0.1) is 0 Å².